The minimum Gasteiger partial charge on any atom is -0.267 e. The number of nitrogens with zero attached hydrogens (tertiary/aromatic N) is 5. The highest BCUT2D eigenvalue weighted by Crippen LogP contribution is 2.31. The Bertz CT molecular complexity index is 1670. The fourth-order valence-corrected chi connectivity index (χ4v) is 6.97. The molecule has 10 nitrogen and oxygen atoms in total. The van der Waals surface area contributed by atoms with Gasteiger partial charge in [-0.1, -0.05) is 30.2 Å². The van der Waals surface area contributed by atoms with E-state index in [1.54, 1.807) is 0 Å². The van der Waals surface area contributed by atoms with Crippen LogP contribution in [0.3, 0.4) is 0 Å². The van der Waals surface area contributed by atoms with Crippen LogP contribution in [0.15, 0.2) is 76.7 Å². The summed E-state index contributed by atoms with van der Waals surface area (Å²) < 4.78 is 28.8. The number of nitro groups is 1. The van der Waals surface area contributed by atoms with Crippen LogP contribution in [0.1, 0.15) is 47.2 Å². The molecule has 1 aliphatic rings. The highest BCUT2D eigenvalue weighted by atomic mass is 32.2. The molecule has 1 amide bonds. The van der Waals surface area contributed by atoms with Crippen molar-refractivity contribution in [3.63, 3.8) is 0 Å². The van der Waals surface area contributed by atoms with Crippen molar-refractivity contribution in [3.8, 4) is 0 Å². The van der Waals surface area contributed by atoms with Crippen molar-refractivity contribution in [1.29, 1.82) is 0 Å². The summed E-state index contributed by atoms with van der Waals surface area (Å²) in [7, 11) is -3.66. The summed E-state index contributed by atoms with van der Waals surface area (Å²) >= 11 is 1.30. The molecule has 40 heavy (non-hydrogen) atoms. The summed E-state index contributed by atoms with van der Waals surface area (Å²) in [6, 6.07) is 17.4. The molecule has 3 aromatic carbocycles. The van der Waals surface area contributed by atoms with Crippen molar-refractivity contribution in [2.24, 2.45) is 5.10 Å². The van der Waals surface area contributed by atoms with E-state index in [0.29, 0.717) is 29.3 Å². The number of aromatic nitrogens is 1. The van der Waals surface area contributed by atoms with E-state index in [4.69, 9.17) is 0 Å². The van der Waals surface area contributed by atoms with Gasteiger partial charge in [-0.15, -0.1) is 0 Å². The van der Waals surface area contributed by atoms with Crippen molar-refractivity contribution in [1.82, 2.24) is 9.29 Å². The zero-order valence-corrected chi connectivity index (χ0v) is 23.4. The first-order valence-electron chi connectivity index (χ1n) is 12.8. The van der Waals surface area contributed by atoms with Crippen LogP contribution in [-0.4, -0.2) is 47.8 Å². The minimum absolute atomic E-state index is 0.0538. The lowest BCUT2D eigenvalue weighted by atomic mass is 10.2. The van der Waals surface area contributed by atoms with E-state index in [0.717, 1.165) is 35.9 Å². The number of amides is 1. The lowest BCUT2D eigenvalue weighted by Crippen LogP contribution is -2.32. The van der Waals surface area contributed by atoms with Crippen LogP contribution in [0.4, 0.5) is 10.8 Å². The number of carbonyl (C=O) groups excluding carboxylic acids is 1. The number of anilines is 1. The average molecular weight is 578 g/mol. The number of aryl methyl sites for hydroxylation is 1. The largest absolute Gasteiger partial charge is 0.280 e. The van der Waals surface area contributed by atoms with Gasteiger partial charge < -0.3 is 0 Å². The number of non-ortho nitro benzene ring substituents is 1. The summed E-state index contributed by atoms with van der Waals surface area (Å²) in [4.78, 5) is 28.9. The number of hydrogen-bond donors (Lipinski definition) is 0. The zero-order chi connectivity index (χ0) is 28.3. The Kier molecular flexibility index (Phi) is 8.01. The van der Waals surface area contributed by atoms with E-state index in [1.165, 1.54) is 75.4 Å². The van der Waals surface area contributed by atoms with Gasteiger partial charge in [-0.3, -0.25) is 14.9 Å². The number of hydrogen-bond acceptors (Lipinski definition) is 8. The van der Waals surface area contributed by atoms with Gasteiger partial charge in [0.1, 0.15) is 0 Å². The maximum Gasteiger partial charge on any atom is 0.280 e. The lowest BCUT2D eigenvalue weighted by molar-refractivity contribution is -0.384. The smallest absolute Gasteiger partial charge is 0.267 e. The number of hydrazone groups is 1. The maximum atomic E-state index is 13.7. The molecular weight excluding hydrogens is 550 g/mol. The number of rotatable bonds is 7. The fraction of sp³-hybridized carbons (Fsp3) is 0.250. The molecule has 1 aromatic heterocycles. The SMILES string of the molecule is Cc1ccc2nc(N(/N=C/c3ccc([N+](=O)[O-])cc3)C(=O)c3ccc(S(=O)(=O)N4CCCCCC4)cc3)sc2c1. The topological polar surface area (TPSA) is 126 Å². The van der Waals surface area contributed by atoms with Crippen molar-refractivity contribution >= 4 is 54.5 Å². The molecular formula is C28H27N5O5S2. The first-order chi connectivity index (χ1) is 19.2. The number of fused-ring (bicyclic) bond motifs is 1. The third-order valence-electron chi connectivity index (χ3n) is 6.64. The molecule has 0 saturated carbocycles. The molecule has 1 saturated heterocycles. The molecule has 0 unspecified atom stereocenters. The molecule has 0 bridgehead atoms. The van der Waals surface area contributed by atoms with Crippen molar-refractivity contribution in [2.45, 2.75) is 37.5 Å². The van der Waals surface area contributed by atoms with Crippen LogP contribution in [0.5, 0.6) is 0 Å². The van der Waals surface area contributed by atoms with Crippen molar-refractivity contribution < 1.29 is 18.1 Å². The normalized spacial score (nSPS) is 14.8. The van der Waals surface area contributed by atoms with Crippen LogP contribution < -0.4 is 5.01 Å². The highest BCUT2D eigenvalue weighted by molar-refractivity contribution is 7.89. The average Bonchev–Trinajstić information content (AvgIpc) is 3.15. The molecule has 2 heterocycles. The van der Waals surface area contributed by atoms with Gasteiger partial charge in [-0.2, -0.15) is 14.4 Å². The van der Waals surface area contributed by atoms with E-state index in [-0.39, 0.29) is 16.1 Å². The molecule has 12 heteroatoms. The lowest BCUT2D eigenvalue weighted by Gasteiger charge is -2.20. The van der Waals surface area contributed by atoms with E-state index in [9.17, 15) is 23.3 Å². The third kappa shape index (κ3) is 5.93. The van der Waals surface area contributed by atoms with Crippen LogP contribution in [0, 0.1) is 17.0 Å². The molecule has 0 aliphatic carbocycles. The van der Waals surface area contributed by atoms with Gasteiger partial charge in [0.15, 0.2) is 0 Å². The van der Waals surface area contributed by atoms with Crippen LogP contribution in [0.25, 0.3) is 10.2 Å². The van der Waals surface area contributed by atoms with Gasteiger partial charge in [0.05, 0.1) is 26.3 Å². The second kappa shape index (κ2) is 11.6. The Balaban J connectivity index is 1.46. The molecule has 0 N–H and O–H groups in total. The summed E-state index contributed by atoms with van der Waals surface area (Å²) in [5.41, 5.74) is 2.51. The zero-order valence-electron chi connectivity index (χ0n) is 21.8. The quantitative estimate of drug-likeness (QED) is 0.156. The molecule has 4 aromatic rings. The molecule has 0 atom stereocenters. The minimum atomic E-state index is -3.66. The molecule has 1 aliphatic heterocycles. The standard InChI is InChI=1S/C28H27N5O5S2/c1-20-6-15-25-26(18-20)39-28(30-25)32(29-19-21-7-11-23(12-8-21)33(35)36)27(34)22-9-13-24(14-10-22)40(37,38)31-16-4-2-3-5-17-31/h6-15,18-19H,2-5,16-17H2,1H3/b29-19+. The first-order valence-corrected chi connectivity index (χ1v) is 15.1. The molecule has 206 valence electrons. The predicted octanol–water partition coefficient (Wildman–Crippen LogP) is 5.76. The Morgan fingerprint density at radius 2 is 1.70 bits per heavy atom. The van der Waals surface area contributed by atoms with Gasteiger partial charge in [0.2, 0.25) is 15.2 Å². The van der Waals surface area contributed by atoms with E-state index in [2.05, 4.69) is 10.1 Å². The first kappa shape index (κ1) is 27.6. The van der Waals surface area contributed by atoms with Gasteiger partial charge in [-0.25, -0.2) is 13.4 Å². The third-order valence-corrected chi connectivity index (χ3v) is 9.54. The van der Waals surface area contributed by atoms with Gasteiger partial charge in [0.25, 0.3) is 11.6 Å². The van der Waals surface area contributed by atoms with Gasteiger partial charge >= 0.3 is 0 Å². The monoisotopic (exact) mass is 577 g/mol. The summed E-state index contributed by atoms with van der Waals surface area (Å²) in [5, 5.41) is 16.9. The molecule has 5 rings (SSSR count). The highest BCUT2D eigenvalue weighted by Gasteiger charge is 2.26. The summed E-state index contributed by atoms with van der Waals surface area (Å²) in [6.07, 6.45) is 5.12. The maximum absolute atomic E-state index is 13.7. The second-order valence-corrected chi connectivity index (χ2v) is 12.5. The molecule has 1 fully saturated rings. The molecule has 0 radical (unpaired) electrons. The van der Waals surface area contributed by atoms with Gasteiger partial charge in [-0.05, 0) is 79.4 Å². The second-order valence-electron chi connectivity index (χ2n) is 9.52. The summed E-state index contributed by atoms with van der Waals surface area (Å²) in [6.45, 7) is 2.95. The van der Waals surface area contributed by atoms with E-state index >= 15 is 0 Å². The van der Waals surface area contributed by atoms with Crippen LogP contribution in [-0.2, 0) is 10.0 Å². The number of carbonyl (C=O) groups is 1. The number of thiazole rings is 1. The number of sulfonamides is 1. The fourth-order valence-electron chi connectivity index (χ4n) is 4.43. The van der Waals surface area contributed by atoms with Crippen LogP contribution in [0.2, 0.25) is 0 Å². The van der Waals surface area contributed by atoms with Crippen molar-refractivity contribution in [2.75, 3.05) is 18.1 Å². The van der Waals surface area contributed by atoms with E-state index < -0.39 is 20.9 Å². The molecule has 0 spiro atoms. The van der Waals surface area contributed by atoms with Gasteiger partial charge in [0, 0.05) is 30.8 Å². The van der Waals surface area contributed by atoms with E-state index in [1.807, 2.05) is 25.1 Å². The van der Waals surface area contributed by atoms with Crippen LogP contribution >= 0.6 is 11.3 Å². The Labute approximate surface area is 235 Å². The Hall–Kier alpha value is -4.00. The Morgan fingerprint density at radius 3 is 2.35 bits per heavy atom. The predicted molar refractivity (Wildman–Crippen MR) is 156 cm³/mol. The number of nitro benzene ring substituents is 1. The Morgan fingerprint density at radius 1 is 1.02 bits per heavy atom. The number of benzene rings is 3. The van der Waals surface area contributed by atoms with Crippen molar-refractivity contribution in [3.05, 3.63) is 93.5 Å². The summed E-state index contributed by atoms with van der Waals surface area (Å²) in [5.74, 6) is -0.493.